The Hall–Kier alpha value is -2.41. The second-order valence-corrected chi connectivity index (χ2v) is 6.28. The van der Waals surface area contributed by atoms with E-state index in [1.165, 1.54) is 0 Å². The molecule has 0 aliphatic heterocycles. The van der Waals surface area contributed by atoms with Crippen molar-refractivity contribution >= 4 is 29.5 Å². The summed E-state index contributed by atoms with van der Waals surface area (Å²) in [6, 6.07) is 7.34. The maximum Gasteiger partial charge on any atom is 0.317 e. The summed E-state index contributed by atoms with van der Waals surface area (Å²) in [6.07, 6.45) is 3.44. The Balaban J connectivity index is 1.79. The van der Waals surface area contributed by atoms with Gasteiger partial charge in [-0.15, -0.1) is 0 Å². The molecule has 126 valence electrons. The third-order valence-corrected chi connectivity index (χ3v) is 4.55. The van der Waals surface area contributed by atoms with E-state index in [1.807, 2.05) is 12.1 Å². The second kappa shape index (κ2) is 6.60. The molecule has 2 aromatic rings. The molecule has 24 heavy (non-hydrogen) atoms. The fraction of sp³-hybridized carbons (Fsp3) is 0.375. The van der Waals surface area contributed by atoms with Gasteiger partial charge in [0, 0.05) is 5.02 Å². The van der Waals surface area contributed by atoms with E-state index in [0.717, 1.165) is 31.2 Å². The molecule has 0 saturated heterocycles. The van der Waals surface area contributed by atoms with Crippen molar-refractivity contribution in [2.75, 3.05) is 11.5 Å². The molecule has 8 heteroatoms. The maximum atomic E-state index is 12.8. The number of anilines is 2. The second-order valence-electron chi connectivity index (χ2n) is 5.84. The highest BCUT2D eigenvalue weighted by Gasteiger charge is 2.44. The van der Waals surface area contributed by atoms with Crippen LogP contribution in [0.15, 0.2) is 24.3 Å². The van der Waals surface area contributed by atoms with Gasteiger partial charge in [-0.05, 0) is 30.5 Å². The van der Waals surface area contributed by atoms with E-state index in [4.69, 9.17) is 27.8 Å². The zero-order chi connectivity index (χ0) is 17.2. The Morgan fingerprint density at radius 2 is 1.67 bits per heavy atom. The Labute approximate surface area is 144 Å². The molecule has 1 heterocycles. The number of halogens is 1. The minimum absolute atomic E-state index is 0.00169. The molecule has 0 bridgehead atoms. The molecule has 4 N–H and O–H groups in total. The fourth-order valence-electron chi connectivity index (χ4n) is 3.15. The van der Waals surface area contributed by atoms with E-state index in [0.29, 0.717) is 5.02 Å². The lowest BCUT2D eigenvalue weighted by atomic mass is 9.79. The zero-order valence-corrected chi connectivity index (χ0v) is 13.8. The number of nitrogen functional groups attached to an aromatic ring is 2. The monoisotopic (exact) mass is 347 g/mol. The summed E-state index contributed by atoms with van der Waals surface area (Å²) in [4.78, 5) is 24.3. The van der Waals surface area contributed by atoms with Gasteiger partial charge >= 0.3 is 5.97 Å². The van der Waals surface area contributed by atoms with E-state index < -0.39 is 5.41 Å². The Kier molecular flexibility index (Phi) is 4.53. The molecular formula is C16H18ClN5O2. The number of aromatic nitrogens is 3. The summed E-state index contributed by atoms with van der Waals surface area (Å²) in [7, 11) is 0. The lowest BCUT2D eigenvalue weighted by Crippen LogP contribution is -2.34. The van der Waals surface area contributed by atoms with E-state index in [2.05, 4.69) is 15.0 Å². The number of rotatable bonds is 4. The number of carbonyl (C=O) groups excluding carboxylic acids is 1. The summed E-state index contributed by atoms with van der Waals surface area (Å²) in [5.74, 6) is -0.0545. The van der Waals surface area contributed by atoms with E-state index >= 15 is 0 Å². The molecule has 0 atom stereocenters. The highest BCUT2D eigenvalue weighted by Crippen LogP contribution is 2.42. The zero-order valence-electron chi connectivity index (χ0n) is 13.0. The van der Waals surface area contributed by atoms with Gasteiger partial charge in [-0.25, -0.2) is 0 Å². The van der Waals surface area contributed by atoms with Gasteiger partial charge in [0.2, 0.25) is 11.9 Å². The summed E-state index contributed by atoms with van der Waals surface area (Å²) in [5, 5.41) is 0.636. The number of esters is 1. The van der Waals surface area contributed by atoms with Gasteiger partial charge in [-0.3, -0.25) is 4.79 Å². The van der Waals surface area contributed by atoms with Gasteiger partial charge in [-0.1, -0.05) is 36.6 Å². The molecule has 0 amide bonds. The van der Waals surface area contributed by atoms with Crippen molar-refractivity contribution in [3.63, 3.8) is 0 Å². The van der Waals surface area contributed by atoms with Crippen LogP contribution in [0.1, 0.15) is 37.1 Å². The molecule has 0 spiro atoms. The van der Waals surface area contributed by atoms with Gasteiger partial charge in [0.05, 0.1) is 5.41 Å². The normalized spacial score (nSPS) is 16.0. The number of benzene rings is 1. The predicted molar refractivity (Wildman–Crippen MR) is 90.0 cm³/mol. The van der Waals surface area contributed by atoms with Gasteiger partial charge in [0.15, 0.2) is 12.4 Å². The summed E-state index contributed by atoms with van der Waals surface area (Å²) < 4.78 is 5.47. The lowest BCUT2D eigenvalue weighted by molar-refractivity contribution is -0.152. The molecule has 0 radical (unpaired) electrons. The minimum Gasteiger partial charge on any atom is -0.457 e. The van der Waals surface area contributed by atoms with Crippen LogP contribution in [-0.4, -0.2) is 20.9 Å². The summed E-state index contributed by atoms with van der Waals surface area (Å²) in [5.41, 5.74) is 11.3. The Bertz CT molecular complexity index is 724. The quantitative estimate of drug-likeness (QED) is 0.814. The van der Waals surface area contributed by atoms with E-state index in [1.54, 1.807) is 12.1 Å². The smallest absolute Gasteiger partial charge is 0.317 e. The highest BCUT2D eigenvalue weighted by molar-refractivity contribution is 6.30. The molecule has 1 fully saturated rings. The van der Waals surface area contributed by atoms with E-state index in [9.17, 15) is 4.79 Å². The molecule has 1 aromatic carbocycles. The number of hydrogen-bond acceptors (Lipinski definition) is 7. The van der Waals surface area contributed by atoms with Crippen LogP contribution in [0.4, 0.5) is 11.9 Å². The third kappa shape index (κ3) is 3.26. The average molecular weight is 348 g/mol. The van der Waals surface area contributed by atoms with Crippen LogP contribution in [0.2, 0.25) is 5.02 Å². The lowest BCUT2D eigenvalue weighted by Gasteiger charge is -2.27. The first-order chi connectivity index (χ1) is 11.5. The van der Waals surface area contributed by atoms with Gasteiger partial charge in [0.1, 0.15) is 0 Å². The van der Waals surface area contributed by atoms with Crippen molar-refractivity contribution in [1.82, 2.24) is 15.0 Å². The van der Waals surface area contributed by atoms with Crippen molar-refractivity contribution in [2.45, 2.75) is 37.7 Å². The first-order valence-corrected chi connectivity index (χ1v) is 8.06. The number of hydrogen-bond donors (Lipinski definition) is 2. The highest BCUT2D eigenvalue weighted by atomic mass is 35.5. The van der Waals surface area contributed by atoms with Crippen LogP contribution in [0.5, 0.6) is 0 Å². The van der Waals surface area contributed by atoms with Crippen LogP contribution in [0.25, 0.3) is 0 Å². The van der Waals surface area contributed by atoms with Crippen LogP contribution >= 0.6 is 11.6 Å². The molecule has 1 aliphatic carbocycles. The molecule has 1 aromatic heterocycles. The minimum atomic E-state index is -0.644. The summed E-state index contributed by atoms with van der Waals surface area (Å²) in [6.45, 7) is -0.0922. The summed E-state index contributed by atoms with van der Waals surface area (Å²) >= 11 is 5.95. The van der Waals surface area contributed by atoms with Gasteiger partial charge in [-0.2, -0.15) is 15.0 Å². The third-order valence-electron chi connectivity index (χ3n) is 4.29. The SMILES string of the molecule is Nc1nc(N)nc(COC(=O)C2(c3ccc(Cl)cc3)CCCC2)n1. The van der Waals surface area contributed by atoms with Crippen molar-refractivity contribution < 1.29 is 9.53 Å². The Morgan fingerprint density at radius 3 is 2.25 bits per heavy atom. The number of carbonyl (C=O) groups is 1. The average Bonchev–Trinajstić information content (AvgIpc) is 3.03. The van der Waals surface area contributed by atoms with Crippen LogP contribution in [-0.2, 0) is 21.6 Å². The number of nitrogens with zero attached hydrogens (tertiary/aromatic N) is 3. The predicted octanol–water partition coefficient (Wildman–Crippen LogP) is 2.24. The first kappa shape index (κ1) is 16.4. The van der Waals surface area contributed by atoms with E-state index in [-0.39, 0.29) is 30.3 Å². The molecular weight excluding hydrogens is 330 g/mol. The van der Waals surface area contributed by atoms with Crippen molar-refractivity contribution in [2.24, 2.45) is 0 Å². The number of nitrogens with two attached hydrogens (primary N) is 2. The van der Waals surface area contributed by atoms with Gasteiger partial charge in [0.25, 0.3) is 0 Å². The van der Waals surface area contributed by atoms with Gasteiger partial charge < -0.3 is 16.2 Å². The van der Waals surface area contributed by atoms with Crippen LogP contribution < -0.4 is 11.5 Å². The molecule has 1 saturated carbocycles. The molecule has 3 rings (SSSR count). The topological polar surface area (TPSA) is 117 Å². The van der Waals surface area contributed by atoms with Crippen molar-refractivity contribution in [1.29, 1.82) is 0 Å². The Morgan fingerprint density at radius 1 is 1.08 bits per heavy atom. The maximum absolute atomic E-state index is 12.8. The van der Waals surface area contributed by atoms with Crippen LogP contribution in [0.3, 0.4) is 0 Å². The first-order valence-electron chi connectivity index (χ1n) is 7.69. The molecule has 7 nitrogen and oxygen atoms in total. The van der Waals surface area contributed by atoms with Crippen molar-refractivity contribution in [3.8, 4) is 0 Å². The largest absolute Gasteiger partial charge is 0.457 e. The van der Waals surface area contributed by atoms with Crippen LogP contribution in [0, 0.1) is 0 Å². The fourth-order valence-corrected chi connectivity index (χ4v) is 3.27. The molecule has 1 aliphatic rings. The van der Waals surface area contributed by atoms with Crippen molar-refractivity contribution in [3.05, 3.63) is 40.7 Å². The molecule has 0 unspecified atom stereocenters. The standard InChI is InChI=1S/C16H18ClN5O2/c17-11-5-3-10(4-6-11)16(7-1-2-8-16)13(23)24-9-12-20-14(18)22-15(19)21-12/h3-6H,1-2,7-9H2,(H4,18,19,20,21,22). The number of ether oxygens (including phenoxy) is 1.